The van der Waals surface area contributed by atoms with Crippen molar-refractivity contribution < 1.29 is 18.8 Å². The summed E-state index contributed by atoms with van der Waals surface area (Å²) in [6.45, 7) is 0.395. The summed E-state index contributed by atoms with van der Waals surface area (Å²) in [7, 11) is 1.64. The number of furan rings is 1. The molecule has 0 spiro atoms. The lowest BCUT2D eigenvalue weighted by Gasteiger charge is -2.31. The van der Waals surface area contributed by atoms with Crippen molar-refractivity contribution in [2.24, 2.45) is 0 Å². The fraction of sp³-hybridized carbons (Fsp3) is 0.222. The van der Waals surface area contributed by atoms with Crippen molar-refractivity contribution in [3.63, 3.8) is 0 Å². The van der Waals surface area contributed by atoms with E-state index in [1.54, 1.807) is 30.3 Å². The van der Waals surface area contributed by atoms with Crippen molar-refractivity contribution in [2.75, 3.05) is 13.6 Å². The standard InChI is InChI=1S/C27H26N4O4/c1-30-22-17-31(26(33)23(22)24(29-27(30)34)19-11-6-3-7-12-19)21(15-18-9-4-2-5-10-18)25(32)28-16-20-13-8-14-35-20/h2-14,21,24H,15-17H2,1H3,(H,28,32)(H,29,34)/t21-,24-/m1/s1. The van der Waals surface area contributed by atoms with Crippen molar-refractivity contribution >= 4 is 17.8 Å². The topological polar surface area (TPSA) is 94.9 Å². The second-order valence-electron chi connectivity index (χ2n) is 8.65. The minimum atomic E-state index is -0.759. The third-order valence-corrected chi connectivity index (χ3v) is 6.49. The lowest BCUT2D eigenvalue weighted by atomic mass is 9.95. The first-order valence-electron chi connectivity index (χ1n) is 11.5. The monoisotopic (exact) mass is 470 g/mol. The number of amides is 4. The van der Waals surface area contributed by atoms with Gasteiger partial charge in [0.2, 0.25) is 5.91 Å². The van der Waals surface area contributed by atoms with Crippen LogP contribution in [0.15, 0.2) is 94.7 Å². The molecule has 2 aliphatic heterocycles. The highest BCUT2D eigenvalue weighted by Gasteiger charge is 2.46. The molecule has 2 N–H and O–H groups in total. The zero-order valence-corrected chi connectivity index (χ0v) is 19.3. The van der Waals surface area contributed by atoms with Crippen LogP contribution in [0.3, 0.4) is 0 Å². The van der Waals surface area contributed by atoms with Gasteiger partial charge in [0.15, 0.2) is 0 Å². The number of rotatable bonds is 7. The Balaban J connectivity index is 1.45. The van der Waals surface area contributed by atoms with E-state index in [9.17, 15) is 14.4 Å². The maximum Gasteiger partial charge on any atom is 0.322 e. The summed E-state index contributed by atoms with van der Waals surface area (Å²) in [5.74, 6) is 0.0899. The third kappa shape index (κ3) is 4.42. The van der Waals surface area contributed by atoms with Gasteiger partial charge in [-0.25, -0.2) is 4.79 Å². The summed E-state index contributed by atoms with van der Waals surface area (Å²) in [5, 5.41) is 5.84. The van der Waals surface area contributed by atoms with Gasteiger partial charge in [0.05, 0.1) is 36.7 Å². The van der Waals surface area contributed by atoms with Crippen molar-refractivity contribution in [1.82, 2.24) is 20.4 Å². The minimum Gasteiger partial charge on any atom is -0.467 e. The van der Waals surface area contributed by atoms with Gasteiger partial charge in [0, 0.05) is 13.5 Å². The van der Waals surface area contributed by atoms with Crippen molar-refractivity contribution in [2.45, 2.75) is 25.0 Å². The second kappa shape index (κ2) is 9.50. The number of carbonyl (C=O) groups excluding carboxylic acids is 3. The predicted molar refractivity (Wildman–Crippen MR) is 129 cm³/mol. The number of carbonyl (C=O) groups is 3. The zero-order valence-electron chi connectivity index (χ0n) is 19.3. The van der Waals surface area contributed by atoms with E-state index >= 15 is 0 Å². The van der Waals surface area contributed by atoms with Crippen molar-refractivity contribution in [1.29, 1.82) is 0 Å². The van der Waals surface area contributed by atoms with Crippen LogP contribution >= 0.6 is 0 Å². The average molecular weight is 471 g/mol. The van der Waals surface area contributed by atoms with Crippen LogP contribution in [0.4, 0.5) is 4.79 Å². The van der Waals surface area contributed by atoms with Gasteiger partial charge in [-0.1, -0.05) is 60.7 Å². The molecule has 0 saturated carbocycles. The van der Waals surface area contributed by atoms with Crippen LogP contribution < -0.4 is 10.6 Å². The number of hydrogen-bond donors (Lipinski definition) is 2. The normalized spacial score (nSPS) is 18.4. The molecule has 0 fully saturated rings. The highest BCUT2D eigenvalue weighted by atomic mass is 16.3. The van der Waals surface area contributed by atoms with E-state index in [1.807, 2.05) is 60.7 Å². The molecule has 8 heteroatoms. The number of likely N-dealkylation sites (N-methyl/N-ethyl adjacent to an activating group) is 1. The fourth-order valence-corrected chi connectivity index (χ4v) is 4.62. The summed E-state index contributed by atoms with van der Waals surface area (Å²) < 4.78 is 5.34. The Morgan fingerprint density at radius 1 is 1.06 bits per heavy atom. The van der Waals surface area contributed by atoms with Crippen molar-refractivity contribution in [3.05, 3.63) is 107 Å². The quantitative estimate of drug-likeness (QED) is 0.555. The van der Waals surface area contributed by atoms with Crippen molar-refractivity contribution in [3.8, 4) is 0 Å². The van der Waals surface area contributed by atoms with E-state index in [2.05, 4.69) is 10.6 Å². The average Bonchev–Trinajstić information content (AvgIpc) is 3.53. The lowest BCUT2D eigenvalue weighted by Crippen LogP contribution is -2.49. The van der Waals surface area contributed by atoms with Gasteiger partial charge in [0.1, 0.15) is 11.8 Å². The second-order valence-corrected chi connectivity index (χ2v) is 8.65. The van der Waals surface area contributed by atoms with E-state index in [-0.39, 0.29) is 30.9 Å². The molecule has 178 valence electrons. The first-order valence-corrected chi connectivity index (χ1v) is 11.5. The smallest absolute Gasteiger partial charge is 0.322 e. The van der Waals surface area contributed by atoms with E-state index < -0.39 is 12.1 Å². The highest BCUT2D eigenvalue weighted by molar-refractivity contribution is 6.03. The number of hydrogen-bond acceptors (Lipinski definition) is 4. The number of nitrogens with zero attached hydrogens (tertiary/aromatic N) is 2. The molecule has 35 heavy (non-hydrogen) atoms. The van der Waals surface area contributed by atoms with E-state index in [1.165, 1.54) is 4.90 Å². The van der Waals surface area contributed by atoms with Gasteiger partial charge in [-0.2, -0.15) is 0 Å². The summed E-state index contributed by atoms with van der Waals surface area (Å²) in [4.78, 5) is 43.0. The number of urea groups is 1. The molecule has 8 nitrogen and oxygen atoms in total. The molecule has 4 amide bonds. The highest BCUT2D eigenvalue weighted by Crippen LogP contribution is 2.36. The molecule has 0 radical (unpaired) electrons. The molecule has 0 bridgehead atoms. The van der Waals surface area contributed by atoms with Gasteiger partial charge in [-0.05, 0) is 23.3 Å². The largest absolute Gasteiger partial charge is 0.467 e. The van der Waals surface area contributed by atoms with E-state index in [0.29, 0.717) is 23.5 Å². The first kappa shape index (κ1) is 22.5. The maximum absolute atomic E-state index is 13.8. The molecular formula is C27H26N4O4. The Labute approximate surface area is 203 Å². The van der Waals surface area contributed by atoms with Gasteiger partial charge in [0.25, 0.3) is 5.91 Å². The molecule has 0 unspecified atom stereocenters. The van der Waals surface area contributed by atoms with Gasteiger partial charge < -0.3 is 20.0 Å². The van der Waals surface area contributed by atoms with Crippen LogP contribution in [-0.4, -0.2) is 47.3 Å². The lowest BCUT2D eigenvalue weighted by molar-refractivity contribution is -0.136. The molecule has 3 aromatic rings. The zero-order chi connectivity index (χ0) is 24.4. The molecule has 3 heterocycles. The van der Waals surface area contributed by atoms with Crippen LogP contribution in [0, 0.1) is 0 Å². The number of benzene rings is 2. The summed E-state index contributed by atoms with van der Waals surface area (Å²) >= 11 is 0. The Bertz CT molecular complexity index is 1250. The van der Waals surface area contributed by atoms with Gasteiger partial charge in [-0.15, -0.1) is 0 Å². The van der Waals surface area contributed by atoms with E-state index in [4.69, 9.17) is 4.42 Å². The third-order valence-electron chi connectivity index (χ3n) is 6.49. The summed E-state index contributed by atoms with van der Waals surface area (Å²) in [6.07, 6.45) is 1.90. The van der Waals surface area contributed by atoms with Crippen LogP contribution in [-0.2, 0) is 22.6 Å². The fourth-order valence-electron chi connectivity index (χ4n) is 4.62. The Morgan fingerprint density at radius 3 is 2.46 bits per heavy atom. The molecule has 2 aliphatic rings. The van der Waals surface area contributed by atoms with Gasteiger partial charge in [-0.3, -0.25) is 14.5 Å². The maximum atomic E-state index is 13.8. The summed E-state index contributed by atoms with van der Waals surface area (Å²) in [5.41, 5.74) is 2.86. The minimum absolute atomic E-state index is 0.174. The molecule has 2 aromatic carbocycles. The summed E-state index contributed by atoms with van der Waals surface area (Å²) in [6, 6.07) is 20.9. The van der Waals surface area contributed by atoms with E-state index in [0.717, 1.165) is 11.1 Å². The Hall–Kier alpha value is -4.33. The SMILES string of the molecule is CN1C(=O)N[C@H](c2ccccc2)C2=C1CN([C@H](Cc1ccccc1)C(=O)NCc1ccco1)C2=O. The first-order chi connectivity index (χ1) is 17.0. The van der Waals surface area contributed by atoms with Crippen LogP contribution in [0.5, 0.6) is 0 Å². The molecule has 2 atom stereocenters. The Kier molecular flexibility index (Phi) is 6.10. The van der Waals surface area contributed by atoms with Crippen LogP contribution in [0.1, 0.15) is 22.9 Å². The Morgan fingerprint density at radius 2 is 1.77 bits per heavy atom. The number of nitrogens with one attached hydrogen (secondary N) is 2. The van der Waals surface area contributed by atoms with Crippen LogP contribution in [0.25, 0.3) is 0 Å². The molecule has 5 rings (SSSR count). The molecule has 1 aromatic heterocycles. The molecule has 0 aliphatic carbocycles. The van der Waals surface area contributed by atoms with Crippen LogP contribution in [0.2, 0.25) is 0 Å². The molecule has 0 saturated heterocycles. The predicted octanol–water partition coefficient (Wildman–Crippen LogP) is 3.00. The molecular weight excluding hydrogens is 444 g/mol. The van der Waals surface area contributed by atoms with Gasteiger partial charge >= 0.3 is 6.03 Å².